The van der Waals surface area contributed by atoms with Crippen LogP contribution < -0.4 is 10.6 Å². The Bertz CT molecular complexity index is 769. The molecule has 0 aliphatic heterocycles. The minimum Gasteiger partial charge on any atom is -0.340 e. The second kappa shape index (κ2) is 6.26. The number of hydrogen-bond acceptors (Lipinski definition) is 4. The van der Waals surface area contributed by atoms with E-state index in [9.17, 15) is 0 Å². The summed E-state index contributed by atoms with van der Waals surface area (Å²) >= 11 is 0. The fourth-order valence-corrected chi connectivity index (χ4v) is 2.12. The van der Waals surface area contributed by atoms with Gasteiger partial charge in [-0.15, -0.1) is 0 Å². The molecule has 0 aliphatic carbocycles. The summed E-state index contributed by atoms with van der Waals surface area (Å²) in [7, 11) is 0. The number of hydrogen-bond donors (Lipinski definition) is 2. The molecule has 0 amide bonds. The first-order valence-electron chi connectivity index (χ1n) is 7.21. The number of aromatic nitrogens is 2. The topological polar surface area (TPSA) is 49.8 Å². The van der Waals surface area contributed by atoms with Crippen LogP contribution in [0.5, 0.6) is 0 Å². The highest BCUT2D eigenvalue weighted by Crippen LogP contribution is 2.22. The predicted octanol–water partition coefficient (Wildman–Crippen LogP) is 4.58. The van der Waals surface area contributed by atoms with Crippen molar-refractivity contribution < 1.29 is 0 Å². The molecule has 3 rings (SSSR count). The first-order valence-corrected chi connectivity index (χ1v) is 7.21. The molecule has 22 heavy (non-hydrogen) atoms. The van der Waals surface area contributed by atoms with Gasteiger partial charge in [-0.3, -0.25) is 0 Å². The number of rotatable bonds is 4. The van der Waals surface area contributed by atoms with Gasteiger partial charge >= 0.3 is 0 Å². The van der Waals surface area contributed by atoms with E-state index in [1.54, 1.807) is 0 Å². The second-order valence-corrected chi connectivity index (χ2v) is 5.16. The SMILES string of the molecule is Cc1ccccc1Nc1nc(Nc2ccccc2)ncc1C. The predicted molar refractivity (Wildman–Crippen MR) is 91.0 cm³/mol. The van der Waals surface area contributed by atoms with E-state index in [1.165, 1.54) is 5.56 Å². The highest BCUT2D eigenvalue weighted by molar-refractivity contribution is 5.64. The smallest absolute Gasteiger partial charge is 0.229 e. The summed E-state index contributed by atoms with van der Waals surface area (Å²) in [5.74, 6) is 1.38. The van der Waals surface area contributed by atoms with Gasteiger partial charge in [-0.05, 0) is 37.6 Å². The molecule has 1 aromatic heterocycles. The van der Waals surface area contributed by atoms with E-state index in [4.69, 9.17) is 0 Å². The molecule has 0 spiro atoms. The maximum Gasteiger partial charge on any atom is 0.229 e. The number of para-hydroxylation sites is 2. The summed E-state index contributed by atoms with van der Waals surface area (Å²) in [5, 5.41) is 6.59. The van der Waals surface area contributed by atoms with Crippen LogP contribution in [0.3, 0.4) is 0 Å². The van der Waals surface area contributed by atoms with Gasteiger partial charge < -0.3 is 10.6 Å². The lowest BCUT2D eigenvalue weighted by atomic mass is 10.2. The van der Waals surface area contributed by atoms with Crippen molar-refractivity contribution in [3.05, 3.63) is 71.9 Å². The molecule has 0 saturated carbocycles. The van der Waals surface area contributed by atoms with Crippen molar-refractivity contribution in [1.82, 2.24) is 9.97 Å². The fraction of sp³-hybridized carbons (Fsp3) is 0.111. The lowest BCUT2D eigenvalue weighted by Gasteiger charge is -2.12. The third kappa shape index (κ3) is 3.23. The Balaban J connectivity index is 1.86. The van der Waals surface area contributed by atoms with Gasteiger partial charge in [-0.25, -0.2) is 4.98 Å². The van der Waals surface area contributed by atoms with Crippen LogP contribution in [0.4, 0.5) is 23.1 Å². The van der Waals surface area contributed by atoms with Crippen molar-refractivity contribution in [2.75, 3.05) is 10.6 Å². The van der Waals surface area contributed by atoms with Crippen LogP contribution in [-0.2, 0) is 0 Å². The zero-order valence-electron chi connectivity index (χ0n) is 12.7. The Hall–Kier alpha value is -2.88. The summed E-state index contributed by atoms with van der Waals surface area (Å²) in [6.45, 7) is 4.06. The third-order valence-corrected chi connectivity index (χ3v) is 3.40. The number of nitrogens with zero attached hydrogens (tertiary/aromatic N) is 2. The molecule has 3 aromatic rings. The van der Waals surface area contributed by atoms with E-state index < -0.39 is 0 Å². The van der Waals surface area contributed by atoms with Gasteiger partial charge in [0, 0.05) is 23.1 Å². The molecule has 1 heterocycles. The minimum absolute atomic E-state index is 0.577. The van der Waals surface area contributed by atoms with Crippen LogP contribution in [0.1, 0.15) is 11.1 Å². The highest BCUT2D eigenvalue weighted by Gasteiger charge is 2.06. The van der Waals surface area contributed by atoms with E-state index in [0.717, 1.165) is 22.8 Å². The Kier molecular flexibility index (Phi) is 4.01. The molecule has 0 aliphatic rings. The van der Waals surface area contributed by atoms with Crippen molar-refractivity contribution in [1.29, 1.82) is 0 Å². The molecule has 110 valence electrons. The molecule has 4 heteroatoms. The Morgan fingerprint density at radius 1 is 0.773 bits per heavy atom. The van der Waals surface area contributed by atoms with E-state index in [-0.39, 0.29) is 0 Å². The first-order chi connectivity index (χ1) is 10.7. The van der Waals surface area contributed by atoms with Crippen LogP contribution in [0.2, 0.25) is 0 Å². The average molecular weight is 290 g/mol. The molecule has 0 fully saturated rings. The van der Waals surface area contributed by atoms with Crippen LogP contribution in [0.25, 0.3) is 0 Å². The average Bonchev–Trinajstić information content (AvgIpc) is 2.54. The largest absolute Gasteiger partial charge is 0.340 e. The van der Waals surface area contributed by atoms with Gasteiger partial charge in [-0.1, -0.05) is 36.4 Å². The van der Waals surface area contributed by atoms with E-state index in [0.29, 0.717) is 5.95 Å². The van der Waals surface area contributed by atoms with Crippen molar-refractivity contribution in [3.8, 4) is 0 Å². The van der Waals surface area contributed by atoms with Crippen LogP contribution in [0.15, 0.2) is 60.8 Å². The molecule has 4 nitrogen and oxygen atoms in total. The van der Waals surface area contributed by atoms with Crippen molar-refractivity contribution in [3.63, 3.8) is 0 Å². The highest BCUT2D eigenvalue weighted by atomic mass is 15.1. The molecular formula is C18H18N4. The van der Waals surface area contributed by atoms with E-state index in [2.05, 4.69) is 33.6 Å². The Labute approximate surface area is 130 Å². The monoisotopic (exact) mass is 290 g/mol. The summed E-state index contributed by atoms with van der Waals surface area (Å²) in [6.07, 6.45) is 1.82. The fourth-order valence-electron chi connectivity index (χ4n) is 2.12. The van der Waals surface area contributed by atoms with E-state index >= 15 is 0 Å². The molecule has 0 saturated heterocycles. The summed E-state index contributed by atoms with van der Waals surface area (Å²) in [4.78, 5) is 8.91. The van der Waals surface area contributed by atoms with E-state index in [1.807, 2.05) is 61.7 Å². The van der Waals surface area contributed by atoms with Gasteiger partial charge in [0.1, 0.15) is 5.82 Å². The number of nitrogens with one attached hydrogen (secondary N) is 2. The van der Waals surface area contributed by atoms with Gasteiger partial charge in [0.05, 0.1) is 0 Å². The zero-order valence-corrected chi connectivity index (χ0v) is 12.7. The summed E-state index contributed by atoms with van der Waals surface area (Å²) in [6, 6.07) is 18.0. The lowest BCUT2D eigenvalue weighted by molar-refractivity contribution is 1.13. The molecule has 0 unspecified atom stereocenters. The third-order valence-electron chi connectivity index (χ3n) is 3.40. The van der Waals surface area contributed by atoms with Gasteiger partial charge in [-0.2, -0.15) is 4.98 Å². The zero-order chi connectivity index (χ0) is 15.4. The molecule has 0 atom stereocenters. The van der Waals surface area contributed by atoms with Crippen molar-refractivity contribution >= 4 is 23.1 Å². The van der Waals surface area contributed by atoms with Gasteiger partial charge in [0.25, 0.3) is 0 Å². The van der Waals surface area contributed by atoms with Crippen molar-refractivity contribution in [2.24, 2.45) is 0 Å². The first kappa shape index (κ1) is 14.1. The second-order valence-electron chi connectivity index (χ2n) is 5.16. The molecule has 0 bridgehead atoms. The minimum atomic E-state index is 0.577. The molecular weight excluding hydrogens is 272 g/mol. The number of anilines is 4. The van der Waals surface area contributed by atoms with Crippen molar-refractivity contribution in [2.45, 2.75) is 13.8 Å². The normalized spacial score (nSPS) is 10.3. The Morgan fingerprint density at radius 2 is 1.50 bits per heavy atom. The lowest BCUT2D eigenvalue weighted by Crippen LogP contribution is -2.03. The van der Waals surface area contributed by atoms with Crippen LogP contribution in [0, 0.1) is 13.8 Å². The quantitative estimate of drug-likeness (QED) is 0.738. The van der Waals surface area contributed by atoms with Gasteiger partial charge in [0.2, 0.25) is 5.95 Å². The number of aryl methyl sites for hydroxylation is 2. The number of benzene rings is 2. The van der Waals surface area contributed by atoms with Crippen LogP contribution in [-0.4, -0.2) is 9.97 Å². The summed E-state index contributed by atoms with van der Waals surface area (Å²) < 4.78 is 0. The van der Waals surface area contributed by atoms with Crippen LogP contribution >= 0.6 is 0 Å². The molecule has 2 N–H and O–H groups in total. The standard InChI is InChI=1S/C18H18N4/c1-13-8-6-7-11-16(13)21-17-14(2)12-19-18(22-17)20-15-9-4-3-5-10-15/h3-12H,1-2H3,(H2,19,20,21,22). The maximum atomic E-state index is 4.57. The summed E-state index contributed by atoms with van der Waals surface area (Å²) in [5.41, 5.74) is 4.20. The Morgan fingerprint density at radius 3 is 2.27 bits per heavy atom. The molecule has 0 radical (unpaired) electrons. The maximum absolute atomic E-state index is 4.57. The molecule has 2 aromatic carbocycles. The van der Waals surface area contributed by atoms with Gasteiger partial charge in [0.15, 0.2) is 0 Å².